The number of anilines is 2. The molecule has 0 radical (unpaired) electrons. The third-order valence-corrected chi connectivity index (χ3v) is 4.70. The lowest BCUT2D eigenvalue weighted by molar-refractivity contribution is -0.133. The van der Waals surface area contributed by atoms with Gasteiger partial charge in [-0.1, -0.05) is 29.3 Å². The van der Waals surface area contributed by atoms with Gasteiger partial charge in [-0.05, 0) is 36.4 Å². The number of rotatable bonds is 4. The fourth-order valence-electron chi connectivity index (χ4n) is 2.81. The molecule has 1 fully saturated rings. The van der Waals surface area contributed by atoms with Gasteiger partial charge in [0.1, 0.15) is 5.75 Å². The summed E-state index contributed by atoms with van der Waals surface area (Å²) in [5.74, 6) is 0.585. The van der Waals surface area contributed by atoms with Gasteiger partial charge in [0.25, 0.3) is 5.91 Å². The van der Waals surface area contributed by atoms with E-state index in [0.717, 1.165) is 5.69 Å². The van der Waals surface area contributed by atoms with Gasteiger partial charge in [0.05, 0.1) is 16.4 Å². The molecule has 1 saturated heterocycles. The Labute approximate surface area is 156 Å². The van der Waals surface area contributed by atoms with Gasteiger partial charge in [-0.3, -0.25) is 4.79 Å². The van der Waals surface area contributed by atoms with Gasteiger partial charge in [0.2, 0.25) is 0 Å². The summed E-state index contributed by atoms with van der Waals surface area (Å²) >= 11 is 12.1. The van der Waals surface area contributed by atoms with Crippen LogP contribution in [0.15, 0.2) is 42.5 Å². The minimum Gasteiger partial charge on any atom is -0.484 e. The largest absolute Gasteiger partial charge is 0.484 e. The molecule has 0 unspecified atom stereocenters. The van der Waals surface area contributed by atoms with E-state index in [1.807, 2.05) is 18.2 Å². The third kappa shape index (κ3) is 4.30. The molecule has 25 heavy (non-hydrogen) atoms. The molecule has 5 nitrogen and oxygen atoms in total. The zero-order chi connectivity index (χ0) is 17.8. The van der Waals surface area contributed by atoms with Crippen LogP contribution in [0.1, 0.15) is 0 Å². The van der Waals surface area contributed by atoms with E-state index in [1.165, 1.54) is 0 Å². The van der Waals surface area contributed by atoms with Crippen molar-refractivity contribution in [1.82, 2.24) is 4.90 Å². The molecule has 7 heteroatoms. The van der Waals surface area contributed by atoms with Crippen LogP contribution < -0.4 is 15.4 Å². The second-order valence-corrected chi connectivity index (χ2v) is 6.63. The first-order valence-corrected chi connectivity index (χ1v) is 8.75. The van der Waals surface area contributed by atoms with Gasteiger partial charge in [0, 0.05) is 31.2 Å². The molecule has 132 valence electrons. The summed E-state index contributed by atoms with van der Waals surface area (Å²) in [6.45, 7) is 2.58. The third-order valence-electron chi connectivity index (χ3n) is 4.14. The van der Waals surface area contributed by atoms with Crippen LogP contribution in [-0.4, -0.2) is 43.6 Å². The number of hydrogen-bond acceptors (Lipinski definition) is 4. The monoisotopic (exact) mass is 379 g/mol. The molecule has 2 N–H and O–H groups in total. The van der Waals surface area contributed by atoms with Gasteiger partial charge in [-0.25, -0.2) is 0 Å². The number of piperazine rings is 1. The van der Waals surface area contributed by atoms with Gasteiger partial charge >= 0.3 is 0 Å². The van der Waals surface area contributed by atoms with E-state index >= 15 is 0 Å². The van der Waals surface area contributed by atoms with Crippen LogP contribution in [0.3, 0.4) is 0 Å². The fourth-order valence-corrected chi connectivity index (χ4v) is 3.24. The molecule has 1 aliphatic rings. The van der Waals surface area contributed by atoms with Gasteiger partial charge in [-0.2, -0.15) is 0 Å². The van der Waals surface area contributed by atoms with E-state index in [4.69, 9.17) is 33.7 Å². The molecule has 0 aromatic heterocycles. The standard InChI is InChI=1S/C18H19Cl2N3O2/c19-13-4-6-14(7-5-13)25-12-17(24)22-8-10-23(11-9-22)18-15(20)2-1-3-16(18)21/h1-7H,8-12,21H2. The maximum absolute atomic E-state index is 12.3. The number of ether oxygens (including phenoxy) is 1. The Morgan fingerprint density at radius 3 is 2.36 bits per heavy atom. The van der Waals surface area contributed by atoms with Gasteiger partial charge < -0.3 is 20.3 Å². The van der Waals surface area contributed by atoms with E-state index in [9.17, 15) is 4.79 Å². The SMILES string of the molecule is Nc1cccc(Cl)c1N1CCN(C(=O)COc2ccc(Cl)cc2)CC1. The summed E-state index contributed by atoms with van der Waals surface area (Å²) < 4.78 is 5.52. The summed E-state index contributed by atoms with van der Waals surface area (Å²) in [6, 6.07) is 12.4. The number of carbonyl (C=O) groups excluding carboxylic acids is 1. The maximum Gasteiger partial charge on any atom is 0.260 e. The van der Waals surface area contributed by atoms with Crippen LogP contribution in [0.25, 0.3) is 0 Å². The second-order valence-electron chi connectivity index (χ2n) is 5.79. The molecule has 1 heterocycles. The van der Waals surface area contributed by atoms with E-state index in [0.29, 0.717) is 47.7 Å². The lowest BCUT2D eigenvalue weighted by Crippen LogP contribution is -2.50. The van der Waals surface area contributed by atoms with Crippen LogP contribution >= 0.6 is 23.2 Å². The molecule has 0 atom stereocenters. The molecule has 0 aliphatic carbocycles. The minimum absolute atomic E-state index is 0.00979. The Balaban J connectivity index is 1.53. The molecular formula is C18H19Cl2N3O2. The summed E-state index contributed by atoms with van der Waals surface area (Å²) in [4.78, 5) is 16.2. The first-order valence-electron chi connectivity index (χ1n) is 7.99. The van der Waals surface area contributed by atoms with E-state index in [2.05, 4.69) is 4.90 Å². The minimum atomic E-state index is -0.0401. The average molecular weight is 380 g/mol. The summed E-state index contributed by atoms with van der Waals surface area (Å²) in [7, 11) is 0. The predicted molar refractivity (Wildman–Crippen MR) is 102 cm³/mol. The highest BCUT2D eigenvalue weighted by Crippen LogP contribution is 2.32. The smallest absolute Gasteiger partial charge is 0.260 e. The van der Waals surface area contributed by atoms with Crippen molar-refractivity contribution >= 4 is 40.5 Å². The zero-order valence-electron chi connectivity index (χ0n) is 13.6. The lowest BCUT2D eigenvalue weighted by atomic mass is 10.2. The van der Waals surface area contributed by atoms with Crippen LogP contribution in [0.5, 0.6) is 5.75 Å². The number of nitrogen functional groups attached to an aromatic ring is 1. The summed E-state index contributed by atoms with van der Waals surface area (Å²) in [6.07, 6.45) is 0. The average Bonchev–Trinajstić information content (AvgIpc) is 2.61. The van der Waals surface area contributed by atoms with Gasteiger partial charge in [0.15, 0.2) is 6.61 Å². The van der Waals surface area contributed by atoms with Crippen LogP contribution in [0.2, 0.25) is 10.0 Å². The molecule has 1 amide bonds. The molecule has 0 spiro atoms. The van der Waals surface area contributed by atoms with Crippen molar-refractivity contribution in [3.63, 3.8) is 0 Å². The van der Waals surface area contributed by atoms with E-state index < -0.39 is 0 Å². The molecule has 1 aliphatic heterocycles. The Morgan fingerprint density at radius 1 is 1.04 bits per heavy atom. The summed E-state index contributed by atoms with van der Waals surface area (Å²) in [5, 5.41) is 1.26. The zero-order valence-corrected chi connectivity index (χ0v) is 15.1. The van der Waals surface area contributed by atoms with Crippen LogP contribution in [0, 0.1) is 0 Å². The number of nitrogens with zero attached hydrogens (tertiary/aromatic N) is 2. The Hall–Kier alpha value is -2.11. The van der Waals surface area contributed by atoms with Crippen LogP contribution in [0.4, 0.5) is 11.4 Å². The van der Waals surface area contributed by atoms with Crippen LogP contribution in [-0.2, 0) is 4.79 Å². The van der Waals surface area contributed by atoms with Crippen molar-refractivity contribution in [2.45, 2.75) is 0 Å². The topological polar surface area (TPSA) is 58.8 Å². The van der Waals surface area contributed by atoms with E-state index in [1.54, 1.807) is 29.2 Å². The molecule has 0 saturated carbocycles. The molecular weight excluding hydrogens is 361 g/mol. The number of hydrogen-bond donors (Lipinski definition) is 1. The van der Waals surface area contributed by atoms with Gasteiger partial charge in [-0.15, -0.1) is 0 Å². The highest BCUT2D eigenvalue weighted by atomic mass is 35.5. The van der Waals surface area contributed by atoms with Crippen molar-refractivity contribution in [2.75, 3.05) is 43.4 Å². The Morgan fingerprint density at radius 2 is 1.72 bits per heavy atom. The Bertz CT molecular complexity index is 724. The molecule has 2 aromatic rings. The lowest BCUT2D eigenvalue weighted by Gasteiger charge is -2.36. The quantitative estimate of drug-likeness (QED) is 0.827. The van der Waals surface area contributed by atoms with Crippen molar-refractivity contribution in [3.05, 3.63) is 52.5 Å². The number of para-hydroxylation sites is 1. The number of carbonyl (C=O) groups is 1. The van der Waals surface area contributed by atoms with Crippen molar-refractivity contribution in [1.29, 1.82) is 0 Å². The Kier molecular flexibility index (Phi) is 5.56. The molecule has 2 aromatic carbocycles. The molecule has 0 bridgehead atoms. The first kappa shape index (κ1) is 17.7. The highest BCUT2D eigenvalue weighted by Gasteiger charge is 2.23. The first-order chi connectivity index (χ1) is 12.0. The predicted octanol–water partition coefficient (Wildman–Crippen LogP) is 3.30. The van der Waals surface area contributed by atoms with Crippen molar-refractivity contribution < 1.29 is 9.53 Å². The second kappa shape index (κ2) is 7.85. The van der Waals surface area contributed by atoms with E-state index in [-0.39, 0.29) is 12.5 Å². The highest BCUT2D eigenvalue weighted by molar-refractivity contribution is 6.34. The number of amides is 1. The van der Waals surface area contributed by atoms with Crippen molar-refractivity contribution in [2.24, 2.45) is 0 Å². The molecule has 3 rings (SSSR count). The summed E-state index contributed by atoms with van der Waals surface area (Å²) in [5.41, 5.74) is 7.53. The normalized spacial score (nSPS) is 14.5. The number of nitrogens with two attached hydrogens (primary N) is 1. The van der Waals surface area contributed by atoms with Crippen molar-refractivity contribution in [3.8, 4) is 5.75 Å². The fraction of sp³-hybridized carbons (Fsp3) is 0.278. The number of benzene rings is 2. The maximum atomic E-state index is 12.3. The number of halogens is 2.